The zero-order chi connectivity index (χ0) is 15.9. The summed E-state index contributed by atoms with van der Waals surface area (Å²) in [4.78, 5) is 2.40. The molecule has 1 aliphatic heterocycles. The summed E-state index contributed by atoms with van der Waals surface area (Å²) < 4.78 is 0. The second-order valence-electron chi connectivity index (χ2n) is 5.96. The van der Waals surface area contributed by atoms with Crippen molar-refractivity contribution in [2.24, 2.45) is 5.10 Å². The Bertz CT molecular complexity index is 649. The van der Waals surface area contributed by atoms with E-state index in [9.17, 15) is 5.11 Å². The van der Waals surface area contributed by atoms with Crippen LogP contribution in [0.1, 0.15) is 30.4 Å². The summed E-state index contributed by atoms with van der Waals surface area (Å²) in [5.74, 6) is 0.365. The highest BCUT2D eigenvalue weighted by Crippen LogP contribution is 2.21. The van der Waals surface area contributed by atoms with Crippen molar-refractivity contribution in [1.82, 2.24) is 4.90 Å². The number of anilines is 1. The van der Waals surface area contributed by atoms with Crippen LogP contribution in [0.2, 0.25) is 0 Å². The predicted molar refractivity (Wildman–Crippen MR) is 94.9 cm³/mol. The van der Waals surface area contributed by atoms with Crippen molar-refractivity contribution in [3.8, 4) is 5.75 Å². The molecule has 0 unspecified atom stereocenters. The number of nitrogens with zero attached hydrogens (tertiary/aromatic N) is 2. The van der Waals surface area contributed by atoms with Crippen LogP contribution in [0.15, 0.2) is 53.6 Å². The number of benzene rings is 2. The number of phenols is 1. The maximum atomic E-state index is 10.1. The number of rotatable bonds is 5. The zero-order valence-electron chi connectivity index (χ0n) is 13.3. The highest BCUT2D eigenvalue weighted by molar-refractivity contribution is 5.80. The van der Waals surface area contributed by atoms with Crippen LogP contribution >= 0.6 is 0 Å². The molecule has 3 rings (SSSR count). The van der Waals surface area contributed by atoms with Crippen molar-refractivity contribution >= 4 is 11.9 Å². The van der Waals surface area contributed by atoms with Gasteiger partial charge < -0.3 is 5.11 Å². The monoisotopic (exact) mass is 309 g/mol. The minimum atomic E-state index is 0.365. The predicted octanol–water partition coefficient (Wildman–Crippen LogP) is 3.82. The van der Waals surface area contributed by atoms with Gasteiger partial charge in [0.2, 0.25) is 0 Å². The summed E-state index contributed by atoms with van der Waals surface area (Å²) in [6, 6.07) is 15.5. The van der Waals surface area contributed by atoms with Crippen LogP contribution in [0.25, 0.3) is 0 Å². The number of para-hydroxylation sites is 1. The lowest BCUT2D eigenvalue weighted by Crippen LogP contribution is -2.29. The van der Waals surface area contributed by atoms with E-state index < -0.39 is 0 Å². The van der Waals surface area contributed by atoms with Gasteiger partial charge in [0.05, 0.1) is 11.9 Å². The molecule has 2 aromatic rings. The van der Waals surface area contributed by atoms with Gasteiger partial charge in [-0.15, -0.1) is 0 Å². The summed E-state index contributed by atoms with van der Waals surface area (Å²) in [7, 11) is 0. The molecule has 4 nitrogen and oxygen atoms in total. The summed E-state index contributed by atoms with van der Waals surface area (Å²) >= 11 is 0. The average Bonchev–Trinajstić information content (AvgIpc) is 2.60. The third-order valence-electron chi connectivity index (χ3n) is 4.13. The van der Waals surface area contributed by atoms with E-state index in [1.807, 2.05) is 42.5 Å². The van der Waals surface area contributed by atoms with Crippen LogP contribution in [-0.4, -0.2) is 29.3 Å². The molecule has 4 heteroatoms. The SMILES string of the molecule is Oc1ccc(C=NNc2ccccc2)cc1CN1CCCCC1. The van der Waals surface area contributed by atoms with E-state index >= 15 is 0 Å². The van der Waals surface area contributed by atoms with Gasteiger partial charge in [-0.3, -0.25) is 10.3 Å². The number of phenolic OH excluding ortho intramolecular Hbond substituents is 1. The molecule has 1 fully saturated rings. The third-order valence-corrected chi connectivity index (χ3v) is 4.13. The molecule has 0 aliphatic carbocycles. The first-order chi connectivity index (χ1) is 11.3. The fourth-order valence-corrected chi connectivity index (χ4v) is 2.86. The highest BCUT2D eigenvalue weighted by Gasteiger charge is 2.12. The Labute approximate surface area is 137 Å². The summed E-state index contributed by atoms with van der Waals surface area (Å²) in [5, 5.41) is 14.3. The van der Waals surface area contributed by atoms with E-state index in [0.29, 0.717) is 5.75 Å². The Kier molecular flexibility index (Phi) is 5.27. The molecule has 1 heterocycles. The number of hydrogen-bond donors (Lipinski definition) is 2. The van der Waals surface area contributed by atoms with Crippen molar-refractivity contribution in [3.63, 3.8) is 0 Å². The lowest BCUT2D eigenvalue weighted by Gasteiger charge is -2.26. The van der Waals surface area contributed by atoms with Gasteiger partial charge in [-0.1, -0.05) is 24.6 Å². The molecular weight excluding hydrogens is 286 g/mol. The first-order valence-corrected chi connectivity index (χ1v) is 8.20. The second kappa shape index (κ2) is 7.79. The van der Waals surface area contributed by atoms with Crippen LogP contribution in [0.4, 0.5) is 5.69 Å². The summed E-state index contributed by atoms with van der Waals surface area (Å²) in [6.07, 6.45) is 5.61. The van der Waals surface area contributed by atoms with E-state index in [0.717, 1.165) is 36.4 Å². The Morgan fingerprint density at radius 2 is 1.83 bits per heavy atom. The fraction of sp³-hybridized carbons (Fsp3) is 0.316. The Balaban J connectivity index is 1.64. The van der Waals surface area contributed by atoms with Crippen LogP contribution in [0.5, 0.6) is 5.75 Å². The van der Waals surface area contributed by atoms with Crippen LogP contribution in [0, 0.1) is 0 Å². The second-order valence-corrected chi connectivity index (χ2v) is 5.96. The molecule has 2 aromatic carbocycles. The van der Waals surface area contributed by atoms with Crippen molar-refractivity contribution in [3.05, 3.63) is 59.7 Å². The van der Waals surface area contributed by atoms with Crippen LogP contribution in [0.3, 0.4) is 0 Å². The van der Waals surface area contributed by atoms with Gasteiger partial charge in [0.25, 0.3) is 0 Å². The van der Waals surface area contributed by atoms with E-state index in [4.69, 9.17) is 0 Å². The summed E-state index contributed by atoms with van der Waals surface area (Å²) in [5.41, 5.74) is 5.91. The standard InChI is InChI=1S/C19H23N3O/c23-19-10-9-16(14-20-21-18-7-3-1-4-8-18)13-17(19)15-22-11-5-2-6-12-22/h1,3-4,7-10,13-14,21,23H,2,5-6,11-12,15H2. The van der Waals surface area contributed by atoms with E-state index in [1.54, 1.807) is 12.3 Å². The molecule has 0 saturated carbocycles. The summed E-state index contributed by atoms with van der Waals surface area (Å²) in [6.45, 7) is 3.04. The van der Waals surface area contributed by atoms with Crippen molar-refractivity contribution < 1.29 is 5.11 Å². The first kappa shape index (κ1) is 15.6. The number of nitrogens with one attached hydrogen (secondary N) is 1. The minimum Gasteiger partial charge on any atom is -0.508 e. The van der Waals surface area contributed by atoms with Gasteiger partial charge in [0.1, 0.15) is 5.75 Å². The molecule has 0 radical (unpaired) electrons. The smallest absolute Gasteiger partial charge is 0.120 e. The molecular formula is C19H23N3O. The van der Waals surface area contributed by atoms with Crippen molar-refractivity contribution in [1.29, 1.82) is 0 Å². The molecule has 1 aliphatic rings. The number of hydrazone groups is 1. The van der Waals surface area contributed by atoms with E-state index in [2.05, 4.69) is 15.4 Å². The lowest BCUT2D eigenvalue weighted by atomic mass is 10.1. The Morgan fingerprint density at radius 1 is 1.04 bits per heavy atom. The fourth-order valence-electron chi connectivity index (χ4n) is 2.86. The van der Waals surface area contributed by atoms with Crippen molar-refractivity contribution in [2.45, 2.75) is 25.8 Å². The normalized spacial score (nSPS) is 15.8. The van der Waals surface area contributed by atoms with Crippen LogP contribution < -0.4 is 5.43 Å². The van der Waals surface area contributed by atoms with E-state index in [-0.39, 0.29) is 0 Å². The van der Waals surface area contributed by atoms with Gasteiger partial charge in [0.15, 0.2) is 0 Å². The van der Waals surface area contributed by atoms with Gasteiger partial charge in [-0.2, -0.15) is 5.10 Å². The molecule has 0 aromatic heterocycles. The number of aromatic hydroxyl groups is 1. The first-order valence-electron chi connectivity index (χ1n) is 8.20. The van der Waals surface area contributed by atoms with Gasteiger partial charge in [-0.05, 0) is 61.8 Å². The van der Waals surface area contributed by atoms with Gasteiger partial charge >= 0.3 is 0 Å². The average molecular weight is 309 g/mol. The third kappa shape index (κ3) is 4.57. The molecule has 0 atom stereocenters. The maximum absolute atomic E-state index is 10.1. The maximum Gasteiger partial charge on any atom is 0.120 e. The van der Waals surface area contributed by atoms with Crippen molar-refractivity contribution in [2.75, 3.05) is 18.5 Å². The molecule has 0 bridgehead atoms. The van der Waals surface area contributed by atoms with Gasteiger partial charge in [-0.25, -0.2) is 0 Å². The number of piperidine rings is 1. The lowest BCUT2D eigenvalue weighted by molar-refractivity contribution is 0.218. The largest absolute Gasteiger partial charge is 0.508 e. The van der Waals surface area contributed by atoms with Crippen LogP contribution in [-0.2, 0) is 6.54 Å². The topological polar surface area (TPSA) is 47.9 Å². The minimum absolute atomic E-state index is 0.365. The number of likely N-dealkylation sites (tertiary alicyclic amines) is 1. The van der Waals surface area contributed by atoms with Gasteiger partial charge in [0, 0.05) is 12.1 Å². The van der Waals surface area contributed by atoms with E-state index in [1.165, 1.54) is 19.3 Å². The Morgan fingerprint density at radius 3 is 2.61 bits per heavy atom. The Hall–Kier alpha value is -2.33. The molecule has 1 saturated heterocycles. The molecule has 2 N–H and O–H groups in total. The zero-order valence-corrected chi connectivity index (χ0v) is 13.3. The molecule has 120 valence electrons. The molecule has 0 amide bonds. The highest BCUT2D eigenvalue weighted by atomic mass is 16.3. The molecule has 23 heavy (non-hydrogen) atoms. The quantitative estimate of drug-likeness (QED) is 0.652. The number of hydrogen-bond acceptors (Lipinski definition) is 4. The molecule has 0 spiro atoms.